The van der Waals surface area contributed by atoms with Gasteiger partial charge in [-0.15, -0.1) is 0 Å². The van der Waals surface area contributed by atoms with Crippen LogP contribution in [0, 0.1) is 0 Å². The second-order valence-electron chi connectivity index (χ2n) is 3.73. The van der Waals surface area contributed by atoms with Crippen LogP contribution in [0.25, 0.3) is 0 Å². The molecule has 2 aromatic carbocycles. The summed E-state index contributed by atoms with van der Waals surface area (Å²) in [6.07, 6.45) is 0. The quantitative estimate of drug-likeness (QED) is 0.696. The van der Waals surface area contributed by atoms with E-state index in [9.17, 15) is 0 Å². The Morgan fingerprint density at radius 2 is 1.33 bits per heavy atom. The summed E-state index contributed by atoms with van der Waals surface area (Å²) >= 11 is 0.200. The van der Waals surface area contributed by atoms with Crippen molar-refractivity contribution in [2.45, 2.75) is 0 Å². The molecule has 3 aromatic rings. The first-order chi connectivity index (χ1) is 8.95. The van der Waals surface area contributed by atoms with Crippen molar-refractivity contribution < 1.29 is 0 Å². The monoisotopic (exact) mass is 301 g/mol. The molecule has 0 aliphatic rings. The first kappa shape index (κ1) is 11.2. The SMILES string of the molecule is c1ccc(N(c2ccccc2)c2nnc[se]2)cc1. The maximum absolute atomic E-state index is 4.23. The van der Waals surface area contributed by atoms with Gasteiger partial charge in [-0.05, 0) is 0 Å². The Hall–Kier alpha value is -1.90. The molecular weight excluding hydrogens is 289 g/mol. The number of benzene rings is 2. The fourth-order valence-electron chi connectivity index (χ4n) is 1.79. The van der Waals surface area contributed by atoms with Gasteiger partial charge in [-0.1, -0.05) is 0 Å². The molecule has 0 unspecified atom stereocenters. The van der Waals surface area contributed by atoms with E-state index in [0.29, 0.717) is 0 Å². The average Bonchev–Trinajstić information content (AvgIpc) is 2.95. The molecule has 0 spiro atoms. The number of anilines is 3. The third-order valence-electron chi connectivity index (χ3n) is 2.57. The molecule has 1 heterocycles. The molecule has 3 nitrogen and oxygen atoms in total. The average molecular weight is 300 g/mol. The van der Waals surface area contributed by atoms with E-state index in [1.165, 1.54) is 0 Å². The van der Waals surface area contributed by atoms with E-state index in [1.54, 1.807) is 0 Å². The topological polar surface area (TPSA) is 29.0 Å². The van der Waals surface area contributed by atoms with Gasteiger partial charge in [-0.3, -0.25) is 0 Å². The standard InChI is InChI=1S/C14H11N3Se/c1-3-7-12(8-4-1)17(14-16-15-11-18-14)13-9-5-2-6-10-13/h1-11H. The van der Waals surface area contributed by atoms with Crippen LogP contribution in [0.1, 0.15) is 0 Å². The molecule has 1 aromatic heterocycles. The van der Waals surface area contributed by atoms with Crippen LogP contribution in [0.3, 0.4) is 0 Å². The summed E-state index contributed by atoms with van der Waals surface area (Å²) in [4.78, 5) is 2.16. The summed E-state index contributed by atoms with van der Waals surface area (Å²) in [7, 11) is 0. The van der Waals surface area contributed by atoms with Crippen molar-refractivity contribution in [2.24, 2.45) is 0 Å². The van der Waals surface area contributed by atoms with Crippen LogP contribution in [0.15, 0.2) is 65.7 Å². The molecule has 0 atom stereocenters. The predicted molar refractivity (Wildman–Crippen MR) is 73.7 cm³/mol. The predicted octanol–water partition coefficient (Wildman–Crippen LogP) is 3.00. The fraction of sp³-hybridized carbons (Fsp3) is 0. The summed E-state index contributed by atoms with van der Waals surface area (Å²) in [5, 5.41) is 10.1. The van der Waals surface area contributed by atoms with Gasteiger partial charge >= 0.3 is 111 Å². The van der Waals surface area contributed by atoms with Crippen LogP contribution in [-0.4, -0.2) is 24.7 Å². The molecule has 0 amide bonds. The van der Waals surface area contributed by atoms with Crippen LogP contribution in [0.2, 0.25) is 0 Å². The van der Waals surface area contributed by atoms with Crippen LogP contribution < -0.4 is 4.90 Å². The molecule has 0 fully saturated rings. The van der Waals surface area contributed by atoms with Gasteiger partial charge in [-0.25, -0.2) is 0 Å². The van der Waals surface area contributed by atoms with Gasteiger partial charge in [0.25, 0.3) is 0 Å². The summed E-state index contributed by atoms with van der Waals surface area (Å²) in [5.41, 5.74) is 2.24. The van der Waals surface area contributed by atoms with Gasteiger partial charge in [0.05, 0.1) is 0 Å². The van der Waals surface area contributed by atoms with E-state index < -0.39 is 0 Å². The van der Waals surface area contributed by atoms with E-state index in [-0.39, 0.29) is 14.5 Å². The van der Waals surface area contributed by atoms with Gasteiger partial charge in [-0.2, -0.15) is 0 Å². The molecular formula is C14H11N3Se. The molecule has 18 heavy (non-hydrogen) atoms. The van der Waals surface area contributed by atoms with Gasteiger partial charge in [0.2, 0.25) is 0 Å². The number of nitrogens with zero attached hydrogens (tertiary/aromatic N) is 3. The molecule has 0 aliphatic carbocycles. The minimum absolute atomic E-state index is 0.200. The molecule has 0 bridgehead atoms. The zero-order valence-corrected chi connectivity index (χ0v) is 11.3. The Balaban J connectivity index is 2.11. The Morgan fingerprint density at radius 1 is 0.778 bits per heavy atom. The van der Waals surface area contributed by atoms with E-state index in [2.05, 4.69) is 39.4 Å². The molecule has 88 valence electrons. The fourth-order valence-corrected chi connectivity index (χ4v) is 3.05. The van der Waals surface area contributed by atoms with E-state index in [0.717, 1.165) is 16.1 Å². The van der Waals surface area contributed by atoms with Gasteiger partial charge in [0.1, 0.15) is 0 Å². The molecule has 0 saturated heterocycles. The van der Waals surface area contributed by atoms with Crippen LogP contribution in [0.5, 0.6) is 0 Å². The van der Waals surface area contributed by atoms with Gasteiger partial charge in [0, 0.05) is 0 Å². The van der Waals surface area contributed by atoms with E-state index >= 15 is 0 Å². The zero-order valence-electron chi connectivity index (χ0n) is 9.60. The summed E-state index contributed by atoms with van der Waals surface area (Å²) < 4.78 is 1.01. The van der Waals surface area contributed by atoms with Crippen molar-refractivity contribution in [3.63, 3.8) is 0 Å². The van der Waals surface area contributed by atoms with Crippen molar-refractivity contribution in [2.75, 3.05) is 4.90 Å². The van der Waals surface area contributed by atoms with Crippen molar-refractivity contribution >= 4 is 30.6 Å². The maximum atomic E-state index is 4.23. The Labute approximate surface area is 111 Å². The minimum atomic E-state index is 0.200. The number of hydrogen-bond acceptors (Lipinski definition) is 3. The number of rotatable bonds is 3. The number of para-hydroxylation sites is 2. The Bertz CT molecular complexity index is 554. The Kier molecular flexibility index (Phi) is 3.22. The molecule has 3 rings (SSSR count). The van der Waals surface area contributed by atoms with E-state index in [1.807, 2.05) is 41.5 Å². The molecule has 0 saturated carbocycles. The Morgan fingerprint density at radius 3 is 1.78 bits per heavy atom. The molecule has 0 aliphatic heterocycles. The normalized spacial score (nSPS) is 10.2. The van der Waals surface area contributed by atoms with Crippen molar-refractivity contribution in [3.05, 3.63) is 65.7 Å². The summed E-state index contributed by atoms with van der Waals surface area (Å²) in [6.45, 7) is 0. The molecule has 4 heteroatoms. The van der Waals surface area contributed by atoms with Crippen LogP contribution in [-0.2, 0) is 0 Å². The number of hydrogen-bond donors (Lipinski definition) is 0. The third-order valence-corrected chi connectivity index (χ3v) is 3.98. The van der Waals surface area contributed by atoms with Crippen molar-refractivity contribution in [1.29, 1.82) is 0 Å². The first-order valence-electron chi connectivity index (χ1n) is 5.61. The molecule has 0 N–H and O–H groups in total. The van der Waals surface area contributed by atoms with Crippen LogP contribution >= 0.6 is 0 Å². The van der Waals surface area contributed by atoms with Crippen LogP contribution in [0.4, 0.5) is 16.1 Å². The second-order valence-corrected chi connectivity index (χ2v) is 5.43. The van der Waals surface area contributed by atoms with Crippen molar-refractivity contribution in [1.82, 2.24) is 10.2 Å². The first-order valence-corrected chi connectivity index (χ1v) is 7.46. The number of aromatic nitrogens is 2. The zero-order chi connectivity index (χ0) is 12.2. The van der Waals surface area contributed by atoms with Gasteiger partial charge in [0.15, 0.2) is 0 Å². The van der Waals surface area contributed by atoms with Gasteiger partial charge < -0.3 is 0 Å². The summed E-state index contributed by atoms with van der Waals surface area (Å²) in [6, 6.07) is 20.5. The van der Waals surface area contributed by atoms with Crippen molar-refractivity contribution in [3.8, 4) is 0 Å². The van der Waals surface area contributed by atoms with E-state index in [4.69, 9.17) is 0 Å². The summed E-state index contributed by atoms with van der Waals surface area (Å²) in [5.74, 6) is 0. The second kappa shape index (κ2) is 5.17. The third kappa shape index (κ3) is 2.21. The molecule has 0 radical (unpaired) electrons.